The Balaban J connectivity index is 1.56. The third kappa shape index (κ3) is 5.55. The molecule has 0 aromatic carbocycles. The van der Waals surface area contributed by atoms with Crippen molar-refractivity contribution < 1.29 is 37.3 Å². The summed E-state index contributed by atoms with van der Waals surface area (Å²) >= 11 is 0.988. The molecule has 1 amide bonds. The van der Waals surface area contributed by atoms with Gasteiger partial charge in [-0.05, 0) is 0 Å². The lowest BCUT2D eigenvalue weighted by molar-refractivity contribution is -0.153. The molecule has 204 valence electrons. The fourth-order valence-corrected chi connectivity index (χ4v) is 5.11. The molecule has 20 heteroatoms. The Kier molecular flexibility index (Phi) is 7.04. The molecule has 1 saturated heterocycles. The molecule has 2 atom stereocenters. The molecule has 38 heavy (non-hydrogen) atoms. The van der Waals surface area contributed by atoms with Crippen molar-refractivity contribution in [3.8, 4) is 0 Å². The molecule has 18 nitrogen and oxygen atoms in total. The number of amides is 1. The number of carboxylic acids is 1. The predicted octanol–water partition coefficient (Wildman–Crippen LogP) is -2.28. The van der Waals surface area contributed by atoms with Crippen LogP contribution in [0.1, 0.15) is 30.7 Å². The number of Topliss-reactive ketones (excluding diaryl/α,β-unsaturated/α-hetero) is 1. The van der Waals surface area contributed by atoms with Crippen molar-refractivity contribution in [3.63, 3.8) is 0 Å². The highest BCUT2D eigenvalue weighted by molar-refractivity contribution is 7.84. The van der Waals surface area contributed by atoms with E-state index < -0.39 is 51.9 Å². The van der Waals surface area contributed by atoms with Crippen molar-refractivity contribution in [2.45, 2.75) is 44.0 Å². The van der Waals surface area contributed by atoms with Crippen molar-refractivity contribution in [2.24, 2.45) is 27.5 Å². The van der Waals surface area contributed by atoms with Crippen molar-refractivity contribution >= 4 is 56.1 Å². The number of ketones is 1. The highest BCUT2D eigenvalue weighted by Gasteiger charge is 2.56. The van der Waals surface area contributed by atoms with Gasteiger partial charge in [-0.3, -0.25) is 14.1 Å². The molecule has 2 aromatic rings. The second kappa shape index (κ2) is 9.95. The standard InChI is InChI=1S/C18H22N10O8S2/c19-16(20)22-4-8-5-23-27(25-8)6-11-9(14(30)28(11)38(33,34)35)3-12(29)13(10-7-37-17(21)24-10)26-36-18(1-2-18)15(31)32/h5,7,9,11H,1-4,6H2,(H2,21,24)(H,31,32)(H4,19,20,22)(H,33,34,35)/b26-13-/t9-,11+/m0/s1. The van der Waals surface area contributed by atoms with Crippen LogP contribution in [0.25, 0.3) is 0 Å². The molecular formula is C18H22N10O8S2. The summed E-state index contributed by atoms with van der Waals surface area (Å²) in [7, 11) is -4.97. The molecule has 0 bridgehead atoms. The number of rotatable bonds is 12. The number of oxime groups is 1. The number of nitrogen functional groups attached to an aromatic ring is 1. The molecule has 3 heterocycles. The Hall–Kier alpha value is -4.17. The molecule has 2 aromatic heterocycles. The number of guanidine groups is 1. The first kappa shape index (κ1) is 26.9. The lowest BCUT2D eigenvalue weighted by Gasteiger charge is -2.43. The van der Waals surface area contributed by atoms with Gasteiger partial charge >= 0.3 is 16.3 Å². The van der Waals surface area contributed by atoms with E-state index in [2.05, 4.69) is 25.3 Å². The van der Waals surface area contributed by atoms with Gasteiger partial charge in [-0.25, -0.2) is 19.1 Å². The van der Waals surface area contributed by atoms with Crippen LogP contribution in [-0.4, -0.2) is 83.3 Å². The van der Waals surface area contributed by atoms with E-state index in [9.17, 15) is 32.5 Å². The minimum Gasteiger partial charge on any atom is -0.478 e. The predicted molar refractivity (Wildman–Crippen MR) is 129 cm³/mol. The first-order valence-electron chi connectivity index (χ1n) is 10.8. The molecule has 2 fully saturated rings. The van der Waals surface area contributed by atoms with Gasteiger partial charge in [0, 0.05) is 24.6 Å². The molecule has 1 aliphatic carbocycles. The molecular weight excluding hydrogens is 548 g/mol. The third-order valence-electron chi connectivity index (χ3n) is 5.75. The number of aliphatic carboxylic acids is 1. The second-order valence-electron chi connectivity index (χ2n) is 8.45. The Bertz CT molecular complexity index is 1440. The molecule has 0 radical (unpaired) electrons. The van der Waals surface area contributed by atoms with Gasteiger partial charge in [-0.2, -0.15) is 23.4 Å². The van der Waals surface area contributed by atoms with E-state index in [0.29, 0.717) is 5.69 Å². The zero-order valence-corrected chi connectivity index (χ0v) is 21.0. The highest BCUT2D eigenvalue weighted by Crippen LogP contribution is 2.40. The number of nitrogens with two attached hydrogens (primary N) is 3. The number of hydrogen-bond donors (Lipinski definition) is 5. The van der Waals surface area contributed by atoms with Gasteiger partial charge in [0.25, 0.3) is 0 Å². The van der Waals surface area contributed by atoms with E-state index in [1.807, 2.05) is 0 Å². The SMILES string of the molecule is NC(N)=NCc1cnn(C[C@@H]2[C@H](CC(=O)/C(=N\OC3(C(=O)O)CC3)c3csc(N)n3)C(=O)N2S(=O)(=O)O)n1. The van der Waals surface area contributed by atoms with Crippen LogP contribution < -0.4 is 17.2 Å². The largest absolute Gasteiger partial charge is 0.478 e. The van der Waals surface area contributed by atoms with Gasteiger partial charge < -0.3 is 27.1 Å². The topological polar surface area (TPSA) is 285 Å². The molecule has 1 saturated carbocycles. The number of thiazole rings is 1. The number of anilines is 1. The van der Waals surface area contributed by atoms with Crippen LogP contribution >= 0.6 is 11.3 Å². The summed E-state index contributed by atoms with van der Waals surface area (Å²) in [4.78, 5) is 51.3. The zero-order valence-electron chi connectivity index (χ0n) is 19.4. The molecule has 0 spiro atoms. The minimum atomic E-state index is -4.97. The van der Waals surface area contributed by atoms with Crippen LogP contribution in [0.15, 0.2) is 21.7 Å². The fourth-order valence-electron chi connectivity index (χ4n) is 3.64. The highest BCUT2D eigenvalue weighted by atomic mass is 32.2. The van der Waals surface area contributed by atoms with E-state index in [0.717, 1.165) is 16.1 Å². The van der Waals surface area contributed by atoms with Gasteiger partial charge in [0.2, 0.25) is 11.5 Å². The number of aliphatic imine (C=N–C) groups is 1. The van der Waals surface area contributed by atoms with E-state index >= 15 is 0 Å². The Morgan fingerprint density at radius 3 is 2.58 bits per heavy atom. The first-order valence-corrected chi connectivity index (χ1v) is 13.1. The number of carbonyl (C=O) groups is 3. The average molecular weight is 571 g/mol. The first-order chi connectivity index (χ1) is 17.8. The maximum atomic E-state index is 13.2. The van der Waals surface area contributed by atoms with E-state index in [1.165, 1.54) is 11.6 Å². The van der Waals surface area contributed by atoms with Gasteiger partial charge in [0.15, 0.2) is 22.6 Å². The van der Waals surface area contributed by atoms with Crippen molar-refractivity contribution in [1.29, 1.82) is 0 Å². The number of hydrogen-bond acceptors (Lipinski definition) is 13. The summed E-state index contributed by atoms with van der Waals surface area (Å²) in [6, 6.07) is -1.23. The van der Waals surface area contributed by atoms with Crippen LogP contribution in [0, 0.1) is 5.92 Å². The summed E-state index contributed by atoms with van der Waals surface area (Å²) in [5.74, 6) is -4.50. The quantitative estimate of drug-likeness (QED) is 0.0590. The maximum absolute atomic E-state index is 13.2. The number of nitrogens with zero attached hydrogens (tertiary/aromatic N) is 7. The Labute approximate surface area is 218 Å². The second-order valence-corrected chi connectivity index (χ2v) is 10.6. The summed E-state index contributed by atoms with van der Waals surface area (Å²) in [5, 5.41) is 22.6. The molecule has 1 aliphatic heterocycles. The number of carboxylic acid groups (broad SMARTS) is 1. The van der Waals surface area contributed by atoms with E-state index in [-0.39, 0.29) is 52.7 Å². The average Bonchev–Trinajstić information content (AvgIpc) is 3.29. The number of carbonyl (C=O) groups excluding carboxylic acids is 2. The number of aromatic nitrogens is 4. The Morgan fingerprint density at radius 1 is 1.32 bits per heavy atom. The van der Waals surface area contributed by atoms with Crippen molar-refractivity contribution in [3.05, 3.63) is 23.0 Å². The third-order valence-corrected chi connectivity index (χ3v) is 7.37. The summed E-state index contributed by atoms with van der Waals surface area (Å²) in [6.45, 7) is -0.315. The molecule has 0 unspecified atom stereocenters. The Morgan fingerprint density at radius 2 is 2.03 bits per heavy atom. The van der Waals surface area contributed by atoms with Crippen LogP contribution in [-0.2, 0) is 42.6 Å². The summed E-state index contributed by atoms with van der Waals surface area (Å²) < 4.78 is 33.5. The van der Waals surface area contributed by atoms with Gasteiger partial charge in [-0.15, -0.1) is 11.3 Å². The van der Waals surface area contributed by atoms with Crippen LogP contribution in [0.2, 0.25) is 0 Å². The number of β-lactam (4-membered cyclic amide) rings is 1. The van der Waals surface area contributed by atoms with E-state index in [1.54, 1.807) is 0 Å². The van der Waals surface area contributed by atoms with Crippen LogP contribution in [0.3, 0.4) is 0 Å². The summed E-state index contributed by atoms with van der Waals surface area (Å²) in [6.07, 6.45) is 1.11. The van der Waals surface area contributed by atoms with Crippen LogP contribution in [0.5, 0.6) is 0 Å². The molecule has 8 N–H and O–H groups in total. The minimum absolute atomic E-state index is 0.00763. The van der Waals surface area contributed by atoms with Crippen molar-refractivity contribution in [2.75, 3.05) is 5.73 Å². The molecule has 4 rings (SSSR count). The summed E-state index contributed by atoms with van der Waals surface area (Å²) in [5.41, 5.74) is 14.6. The fraction of sp³-hybridized carbons (Fsp3) is 0.444. The lowest BCUT2D eigenvalue weighted by Crippen LogP contribution is -2.64. The van der Waals surface area contributed by atoms with E-state index in [4.69, 9.17) is 22.0 Å². The molecule has 2 aliphatic rings. The van der Waals surface area contributed by atoms with Crippen molar-refractivity contribution in [1.82, 2.24) is 24.3 Å². The zero-order chi connectivity index (χ0) is 27.8. The monoisotopic (exact) mass is 570 g/mol. The van der Waals surface area contributed by atoms with Crippen LogP contribution in [0.4, 0.5) is 5.13 Å². The maximum Gasteiger partial charge on any atom is 0.362 e. The van der Waals surface area contributed by atoms with Gasteiger partial charge in [-0.1, -0.05) is 5.16 Å². The normalized spacial score (nSPS) is 20.5. The lowest BCUT2D eigenvalue weighted by atomic mass is 9.84. The smallest absolute Gasteiger partial charge is 0.362 e. The van der Waals surface area contributed by atoms with Gasteiger partial charge in [0.1, 0.15) is 11.4 Å². The van der Waals surface area contributed by atoms with Gasteiger partial charge in [0.05, 0.1) is 31.2 Å².